The molecule has 31 heavy (non-hydrogen) atoms. The molecule has 8 nitrogen and oxygen atoms in total. The summed E-state index contributed by atoms with van der Waals surface area (Å²) in [5.41, 5.74) is 3.69. The summed E-state index contributed by atoms with van der Waals surface area (Å²) in [6.07, 6.45) is 3.89. The number of fused-ring (bicyclic) bond motifs is 1. The fourth-order valence-corrected chi connectivity index (χ4v) is 4.04. The largest absolute Gasteiger partial charge is 0.328 e. The topological polar surface area (TPSA) is 86.2 Å². The van der Waals surface area contributed by atoms with Gasteiger partial charge < -0.3 is 9.47 Å². The Balaban J connectivity index is 1.56. The van der Waals surface area contributed by atoms with Gasteiger partial charge in [0, 0.05) is 24.0 Å². The molecule has 0 atom stereocenters. The van der Waals surface area contributed by atoms with Gasteiger partial charge in [0.05, 0.1) is 29.4 Å². The standard InChI is InChI=1S/C23H19N5O3/c1-16-8-2-4-10-20(16)27-22(25-12-6-7-13-25)18-14-26(15-19(18)24-27)23(29)17-9-3-5-11-21(17)28(30)31/h2-13H,14-15H2,1H3. The molecule has 2 aromatic carbocycles. The van der Waals surface area contributed by atoms with Crippen LogP contribution in [0.5, 0.6) is 0 Å². The van der Waals surface area contributed by atoms with E-state index < -0.39 is 4.92 Å². The molecule has 154 valence electrons. The Labute approximate surface area is 178 Å². The maximum atomic E-state index is 13.1. The number of amides is 1. The van der Waals surface area contributed by atoms with Crippen molar-refractivity contribution in [2.45, 2.75) is 20.0 Å². The molecule has 0 saturated heterocycles. The lowest BCUT2D eigenvalue weighted by Gasteiger charge is -2.18. The molecule has 0 unspecified atom stereocenters. The van der Waals surface area contributed by atoms with Gasteiger partial charge >= 0.3 is 0 Å². The van der Waals surface area contributed by atoms with Gasteiger partial charge in [0.1, 0.15) is 11.4 Å². The van der Waals surface area contributed by atoms with Crippen molar-refractivity contribution in [3.8, 4) is 11.5 Å². The van der Waals surface area contributed by atoms with Crippen molar-refractivity contribution in [3.63, 3.8) is 0 Å². The monoisotopic (exact) mass is 413 g/mol. The Morgan fingerprint density at radius 3 is 2.45 bits per heavy atom. The van der Waals surface area contributed by atoms with E-state index in [-0.39, 0.29) is 17.2 Å². The molecule has 0 fully saturated rings. The van der Waals surface area contributed by atoms with Gasteiger partial charge in [-0.05, 0) is 36.8 Å². The van der Waals surface area contributed by atoms with Crippen LogP contribution in [0, 0.1) is 17.0 Å². The van der Waals surface area contributed by atoms with Crippen LogP contribution >= 0.6 is 0 Å². The number of aryl methyl sites for hydroxylation is 1. The average molecular weight is 413 g/mol. The number of hydrogen-bond donors (Lipinski definition) is 0. The van der Waals surface area contributed by atoms with Crippen LogP contribution in [0.15, 0.2) is 73.1 Å². The number of carbonyl (C=O) groups is 1. The minimum Gasteiger partial charge on any atom is -0.328 e. The number of rotatable bonds is 4. The lowest BCUT2D eigenvalue weighted by atomic mass is 10.1. The first-order valence-corrected chi connectivity index (χ1v) is 9.87. The van der Waals surface area contributed by atoms with Crippen LogP contribution in [0.3, 0.4) is 0 Å². The van der Waals surface area contributed by atoms with E-state index in [0.29, 0.717) is 13.1 Å². The summed E-state index contributed by atoms with van der Waals surface area (Å²) in [6, 6.07) is 17.9. The Bertz CT molecular complexity index is 1310. The van der Waals surface area contributed by atoms with Gasteiger partial charge in [-0.1, -0.05) is 30.3 Å². The molecular formula is C23H19N5O3. The molecule has 0 radical (unpaired) electrons. The second-order valence-electron chi connectivity index (χ2n) is 7.47. The highest BCUT2D eigenvalue weighted by Gasteiger charge is 2.34. The van der Waals surface area contributed by atoms with E-state index in [4.69, 9.17) is 5.10 Å². The minimum atomic E-state index is -0.522. The highest BCUT2D eigenvalue weighted by Crippen LogP contribution is 2.33. The molecule has 0 bridgehead atoms. The molecule has 2 aromatic heterocycles. The van der Waals surface area contributed by atoms with Gasteiger partial charge in [-0.2, -0.15) is 5.10 Å². The number of aromatic nitrogens is 3. The average Bonchev–Trinajstić information content (AvgIpc) is 3.49. The molecule has 0 N–H and O–H groups in total. The SMILES string of the molecule is Cc1ccccc1-n1nc2c(c1-n1cccc1)CN(C(=O)c1ccccc1[N+](=O)[O-])C2. The third-order valence-electron chi connectivity index (χ3n) is 5.54. The molecule has 3 heterocycles. The zero-order chi connectivity index (χ0) is 21.5. The van der Waals surface area contributed by atoms with E-state index in [0.717, 1.165) is 28.3 Å². The lowest BCUT2D eigenvalue weighted by molar-refractivity contribution is -0.385. The van der Waals surface area contributed by atoms with Crippen LogP contribution in [0.2, 0.25) is 0 Å². The molecule has 1 amide bonds. The number of benzene rings is 2. The van der Waals surface area contributed by atoms with Gasteiger partial charge in [-0.25, -0.2) is 4.68 Å². The van der Waals surface area contributed by atoms with Crippen LogP contribution in [0.1, 0.15) is 27.2 Å². The van der Waals surface area contributed by atoms with Gasteiger partial charge in [0.2, 0.25) is 0 Å². The maximum Gasteiger partial charge on any atom is 0.282 e. The summed E-state index contributed by atoms with van der Waals surface area (Å²) in [4.78, 5) is 25.6. The van der Waals surface area contributed by atoms with Crippen molar-refractivity contribution < 1.29 is 9.72 Å². The maximum absolute atomic E-state index is 13.1. The first kappa shape index (κ1) is 18.8. The summed E-state index contributed by atoms with van der Waals surface area (Å²) in [5.74, 6) is 0.498. The van der Waals surface area contributed by atoms with E-state index in [9.17, 15) is 14.9 Å². The van der Waals surface area contributed by atoms with Crippen molar-refractivity contribution in [1.82, 2.24) is 19.2 Å². The van der Waals surface area contributed by atoms with Gasteiger partial charge in [-0.15, -0.1) is 0 Å². The Morgan fingerprint density at radius 1 is 1.00 bits per heavy atom. The first-order valence-electron chi connectivity index (χ1n) is 9.87. The highest BCUT2D eigenvalue weighted by molar-refractivity contribution is 5.98. The Kier molecular flexibility index (Phi) is 4.39. The zero-order valence-corrected chi connectivity index (χ0v) is 16.8. The highest BCUT2D eigenvalue weighted by atomic mass is 16.6. The van der Waals surface area contributed by atoms with E-state index in [1.807, 2.05) is 65.0 Å². The van der Waals surface area contributed by atoms with Crippen LogP contribution < -0.4 is 0 Å². The number of para-hydroxylation sites is 2. The first-order chi connectivity index (χ1) is 15.0. The fraction of sp³-hybridized carbons (Fsp3) is 0.130. The van der Waals surface area contributed by atoms with E-state index in [1.54, 1.807) is 17.0 Å². The van der Waals surface area contributed by atoms with E-state index >= 15 is 0 Å². The molecule has 5 rings (SSSR count). The van der Waals surface area contributed by atoms with Gasteiger partial charge in [0.15, 0.2) is 0 Å². The minimum absolute atomic E-state index is 0.0898. The van der Waals surface area contributed by atoms with Gasteiger partial charge in [-0.3, -0.25) is 14.9 Å². The van der Waals surface area contributed by atoms with Crippen molar-refractivity contribution in [2.75, 3.05) is 0 Å². The number of hydrogen-bond acceptors (Lipinski definition) is 4. The second kappa shape index (κ2) is 7.24. The smallest absolute Gasteiger partial charge is 0.282 e. The molecule has 0 spiro atoms. The predicted molar refractivity (Wildman–Crippen MR) is 114 cm³/mol. The molecule has 1 aliphatic heterocycles. The zero-order valence-electron chi connectivity index (χ0n) is 16.8. The lowest BCUT2D eigenvalue weighted by Crippen LogP contribution is -2.27. The normalized spacial score (nSPS) is 12.7. The summed E-state index contributed by atoms with van der Waals surface area (Å²) in [5, 5.41) is 16.2. The van der Waals surface area contributed by atoms with Crippen molar-refractivity contribution in [1.29, 1.82) is 0 Å². The molecule has 0 aliphatic carbocycles. The molecule has 1 aliphatic rings. The number of nitro benzene ring substituents is 1. The quantitative estimate of drug-likeness (QED) is 0.373. The molecule has 0 saturated carbocycles. The van der Waals surface area contributed by atoms with Crippen LogP contribution in [0.25, 0.3) is 11.5 Å². The fourth-order valence-electron chi connectivity index (χ4n) is 4.04. The molecule has 4 aromatic rings. The van der Waals surface area contributed by atoms with Crippen molar-refractivity contribution in [3.05, 3.63) is 106 Å². The van der Waals surface area contributed by atoms with Crippen LogP contribution in [-0.2, 0) is 13.1 Å². The summed E-state index contributed by atoms with van der Waals surface area (Å²) in [6.45, 7) is 2.67. The number of nitro groups is 1. The molecular weight excluding hydrogens is 394 g/mol. The number of nitrogens with zero attached hydrogens (tertiary/aromatic N) is 5. The van der Waals surface area contributed by atoms with Crippen LogP contribution in [0.4, 0.5) is 5.69 Å². The third kappa shape index (κ3) is 3.09. The van der Waals surface area contributed by atoms with E-state index in [1.165, 1.54) is 12.1 Å². The summed E-state index contributed by atoms with van der Waals surface area (Å²) >= 11 is 0. The van der Waals surface area contributed by atoms with Crippen molar-refractivity contribution in [2.24, 2.45) is 0 Å². The third-order valence-corrected chi connectivity index (χ3v) is 5.54. The van der Waals surface area contributed by atoms with Gasteiger partial charge in [0.25, 0.3) is 11.6 Å². The summed E-state index contributed by atoms with van der Waals surface area (Å²) in [7, 11) is 0. The number of carbonyl (C=O) groups excluding carboxylic acids is 1. The Hall–Kier alpha value is -4.20. The second-order valence-corrected chi connectivity index (χ2v) is 7.47. The predicted octanol–water partition coefficient (Wildman–Crippen LogP) is 4.04. The van der Waals surface area contributed by atoms with E-state index in [2.05, 4.69) is 0 Å². The van der Waals surface area contributed by atoms with Crippen LogP contribution in [-0.4, -0.2) is 30.1 Å². The summed E-state index contributed by atoms with van der Waals surface area (Å²) < 4.78 is 3.89. The molecule has 8 heteroatoms. The van der Waals surface area contributed by atoms with Crippen molar-refractivity contribution >= 4 is 11.6 Å². The Morgan fingerprint density at radius 2 is 1.71 bits per heavy atom.